The van der Waals surface area contributed by atoms with Gasteiger partial charge in [0.2, 0.25) is 0 Å². The van der Waals surface area contributed by atoms with Crippen molar-refractivity contribution in [1.29, 1.82) is 0 Å². The molecule has 0 aliphatic heterocycles. The first-order valence-electron chi connectivity index (χ1n) is 19.6. The van der Waals surface area contributed by atoms with Gasteiger partial charge in [0.15, 0.2) is 17.5 Å². The van der Waals surface area contributed by atoms with Crippen LogP contribution in [0.5, 0.6) is 0 Å². The van der Waals surface area contributed by atoms with Crippen LogP contribution >= 0.6 is 0 Å². The van der Waals surface area contributed by atoms with Crippen molar-refractivity contribution in [3.05, 3.63) is 186 Å². The standard InChI is InChI=1S/C51H51N3O/c1-8-38(32-30-37(6)51(7,9-2)45-27-16-12-21-36(45)5)48-52-49(43-24-14-13-22-40(43)39-31-29-34(3)19-10-11-20-35(4)33-39)54-50(53-48)44-26-18-25-42-41-23-15-17-28-46(41)55-47(42)44/h8,10-13,15-23,25-35H,6,9,14,24H2,1-5,7H3/b19-10-,20-11-,31-29?,32-30-,38-8+,39-33?/t34-,35+,51?/m1/s1. The molecule has 3 atom stereocenters. The molecule has 2 heterocycles. The number of benzene rings is 3. The lowest BCUT2D eigenvalue weighted by atomic mass is 9.72. The van der Waals surface area contributed by atoms with E-state index in [1.807, 2.05) is 25.1 Å². The fourth-order valence-electron chi connectivity index (χ4n) is 7.68. The molecule has 0 bridgehead atoms. The average Bonchev–Trinajstić information content (AvgIpc) is 3.60. The van der Waals surface area contributed by atoms with Crippen molar-refractivity contribution in [2.75, 3.05) is 0 Å². The number of fused-ring (bicyclic) bond motifs is 3. The van der Waals surface area contributed by atoms with E-state index in [-0.39, 0.29) is 11.3 Å². The Labute approximate surface area is 326 Å². The number of nitrogens with zero attached hydrogens (tertiary/aromatic N) is 3. The third kappa shape index (κ3) is 7.73. The highest BCUT2D eigenvalue weighted by atomic mass is 16.3. The molecule has 0 spiro atoms. The van der Waals surface area contributed by atoms with Crippen molar-refractivity contribution in [1.82, 2.24) is 15.0 Å². The van der Waals surface area contributed by atoms with Crippen LogP contribution < -0.4 is 0 Å². The lowest BCUT2D eigenvalue weighted by Crippen LogP contribution is -2.23. The van der Waals surface area contributed by atoms with Crippen molar-refractivity contribution in [3.8, 4) is 11.4 Å². The normalized spacial score (nSPS) is 20.2. The van der Waals surface area contributed by atoms with Crippen molar-refractivity contribution >= 4 is 33.1 Å². The topological polar surface area (TPSA) is 51.8 Å². The van der Waals surface area contributed by atoms with Crippen LogP contribution in [-0.2, 0) is 5.41 Å². The molecule has 5 aromatic rings. The van der Waals surface area contributed by atoms with Crippen molar-refractivity contribution in [2.24, 2.45) is 11.8 Å². The van der Waals surface area contributed by atoms with Gasteiger partial charge in [-0.1, -0.05) is 162 Å². The Kier molecular flexibility index (Phi) is 11.1. The van der Waals surface area contributed by atoms with Gasteiger partial charge in [-0.2, -0.15) is 0 Å². The molecule has 7 rings (SSSR count). The number of aryl methyl sites for hydroxylation is 1. The number of furan rings is 1. The zero-order valence-electron chi connectivity index (χ0n) is 33.0. The van der Waals surface area contributed by atoms with Crippen molar-refractivity contribution < 1.29 is 4.42 Å². The van der Waals surface area contributed by atoms with Gasteiger partial charge >= 0.3 is 0 Å². The summed E-state index contributed by atoms with van der Waals surface area (Å²) in [5.41, 5.74) is 10.1. The van der Waals surface area contributed by atoms with E-state index in [1.54, 1.807) is 0 Å². The van der Waals surface area contributed by atoms with Crippen LogP contribution in [0.15, 0.2) is 167 Å². The lowest BCUT2D eigenvalue weighted by Gasteiger charge is -2.31. The van der Waals surface area contributed by atoms with Gasteiger partial charge in [0.25, 0.3) is 0 Å². The zero-order chi connectivity index (χ0) is 38.5. The van der Waals surface area contributed by atoms with Crippen LogP contribution in [0, 0.1) is 18.8 Å². The van der Waals surface area contributed by atoms with Gasteiger partial charge in [-0.3, -0.25) is 0 Å². The van der Waals surface area contributed by atoms with E-state index in [9.17, 15) is 0 Å². The van der Waals surface area contributed by atoms with Gasteiger partial charge < -0.3 is 4.42 Å². The van der Waals surface area contributed by atoms with E-state index in [0.717, 1.165) is 69.1 Å². The van der Waals surface area contributed by atoms with E-state index in [1.165, 1.54) is 16.7 Å². The summed E-state index contributed by atoms with van der Waals surface area (Å²) in [5.74, 6) is 2.43. The van der Waals surface area contributed by atoms with Gasteiger partial charge in [0.05, 0.1) is 5.56 Å². The fraction of sp³-hybridized carbons (Fsp3) is 0.235. The molecule has 0 fully saturated rings. The molecule has 4 nitrogen and oxygen atoms in total. The number of rotatable bonds is 9. The SMILES string of the molecule is C=C(/C=C\C(=C/C)c1nc(C2=C(C3=C[C@@H](C)/C=C\C=C/[C@@H](C)C=C3)C=CCC2)nc(-c2cccc3c2oc2ccccc23)n1)C(C)(CC)c1ccccc1C. The maximum absolute atomic E-state index is 6.52. The van der Waals surface area contributed by atoms with Crippen LogP contribution in [0.4, 0.5) is 0 Å². The van der Waals surface area contributed by atoms with E-state index < -0.39 is 0 Å². The molecule has 2 aromatic heterocycles. The number of hydrogen-bond acceptors (Lipinski definition) is 4. The smallest absolute Gasteiger partial charge is 0.167 e. The number of allylic oxidation sites excluding steroid dienone is 17. The fourth-order valence-corrected chi connectivity index (χ4v) is 7.68. The minimum absolute atomic E-state index is 0.225. The minimum Gasteiger partial charge on any atom is -0.455 e. The Bertz CT molecular complexity index is 2510. The van der Waals surface area contributed by atoms with Gasteiger partial charge in [0.1, 0.15) is 11.2 Å². The monoisotopic (exact) mass is 721 g/mol. The molecule has 0 amide bonds. The van der Waals surface area contributed by atoms with E-state index in [4.69, 9.17) is 19.4 Å². The molecule has 3 aromatic carbocycles. The van der Waals surface area contributed by atoms with E-state index in [0.29, 0.717) is 23.4 Å². The summed E-state index contributed by atoms with van der Waals surface area (Å²) >= 11 is 0. The number of hydrogen-bond donors (Lipinski definition) is 0. The molecule has 55 heavy (non-hydrogen) atoms. The summed E-state index contributed by atoms with van der Waals surface area (Å²) in [6, 6.07) is 23.0. The molecule has 1 unspecified atom stereocenters. The first-order valence-corrected chi connectivity index (χ1v) is 19.6. The summed E-state index contributed by atoms with van der Waals surface area (Å²) in [6.07, 6.45) is 29.1. The van der Waals surface area contributed by atoms with Gasteiger partial charge in [0, 0.05) is 27.3 Å². The van der Waals surface area contributed by atoms with Crippen LogP contribution in [0.3, 0.4) is 0 Å². The predicted molar refractivity (Wildman–Crippen MR) is 232 cm³/mol. The molecule has 276 valence electrons. The lowest BCUT2D eigenvalue weighted by molar-refractivity contribution is 0.547. The molecular weight excluding hydrogens is 671 g/mol. The molecule has 0 radical (unpaired) electrons. The maximum atomic E-state index is 6.52. The number of para-hydroxylation sites is 2. The highest BCUT2D eigenvalue weighted by Crippen LogP contribution is 2.39. The Balaban J connectivity index is 1.40. The molecule has 4 heteroatoms. The Morgan fingerprint density at radius 1 is 0.855 bits per heavy atom. The average molecular weight is 722 g/mol. The van der Waals surface area contributed by atoms with Gasteiger partial charge in [-0.05, 0) is 84.9 Å². The van der Waals surface area contributed by atoms with E-state index in [2.05, 4.69) is 163 Å². The molecular formula is C51H51N3O. The summed E-state index contributed by atoms with van der Waals surface area (Å²) in [4.78, 5) is 15.8. The summed E-state index contributed by atoms with van der Waals surface area (Å²) in [5, 5.41) is 2.11. The highest BCUT2D eigenvalue weighted by molar-refractivity contribution is 6.09. The van der Waals surface area contributed by atoms with Crippen molar-refractivity contribution in [2.45, 2.75) is 66.2 Å². The third-order valence-corrected chi connectivity index (χ3v) is 11.2. The minimum atomic E-state index is -0.225. The first-order chi connectivity index (χ1) is 26.7. The Morgan fingerprint density at radius 2 is 1.60 bits per heavy atom. The second-order valence-corrected chi connectivity index (χ2v) is 15.0. The molecule has 0 saturated carbocycles. The Morgan fingerprint density at radius 3 is 2.40 bits per heavy atom. The second-order valence-electron chi connectivity index (χ2n) is 15.0. The molecule has 2 aliphatic rings. The van der Waals surface area contributed by atoms with Gasteiger partial charge in [-0.25, -0.2) is 15.0 Å². The predicted octanol–water partition coefficient (Wildman–Crippen LogP) is 13.6. The van der Waals surface area contributed by atoms with E-state index >= 15 is 0 Å². The zero-order valence-corrected chi connectivity index (χ0v) is 33.0. The van der Waals surface area contributed by atoms with Crippen molar-refractivity contribution in [3.63, 3.8) is 0 Å². The van der Waals surface area contributed by atoms with Crippen LogP contribution in [-0.4, -0.2) is 15.0 Å². The highest BCUT2D eigenvalue weighted by Gasteiger charge is 2.28. The summed E-state index contributed by atoms with van der Waals surface area (Å²) in [6.45, 7) is 17.8. The summed E-state index contributed by atoms with van der Waals surface area (Å²) < 4.78 is 6.52. The van der Waals surface area contributed by atoms with Crippen LogP contribution in [0.2, 0.25) is 0 Å². The largest absolute Gasteiger partial charge is 0.455 e. The molecule has 2 aliphatic carbocycles. The third-order valence-electron chi connectivity index (χ3n) is 11.2. The van der Waals surface area contributed by atoms with Crippen LogP contribution in [0.1, 0.15) is 76.7 Å². The maximum Gasteiger partial charge on any atom is 0.167 e. The second kappa shape index (κ2) is 16.2. The van der Waals surface area contributed by atoms with Crippen LogP contribution in [0.25, 0.3) is 44.5 Å². The molecule has 0 N–H and O–H groups in total. The quantitative estimate of drug-likeness (QED) is 0.142. The van der Waals surface area contributed by atoms with Gasteiger partial charge in [-0.15, -0.1) is 0 Å². The summed E-state index contributed by atoms with van der Waals surface area (Å²) in [7, 11) is 0. The number of aromatic nitrogens is 3. The first kappa shape index (κ1) is 37.4. The molecule has 0 saturated heterocycles. The Hall–Kier alpha value is -5.87.